The molecule has 1 fully saturated rings. The molecule has 1 aliphatic heterocycles. The first-order chi connectivity index (χ1) is 14.2. The van der Waals surface area contributed by atoms with E-state index in [0.29, 0.717) is 0 Å². The maximum absolute atomic E-state index is 13.3. The molecule has 0 saturated carbocycles. The van der Waals surface area contributed by atoms with Crippen molar-refractivity contribution in [2.24, 2.45) is 0 Å². The largest absolute Gasteiger partial charge is 0.372 e. The molecule has 4 nitrogen and oxygen atoms in total. The summed E-state index contributed by atoms with van der Waals surface area (Å²) < 4.78 is 13.3. The third-order valence-electron chi connectivity index (χ3n) is 5.12. The van der Waals surface area contributed by atoms with Crippen LogP contribution in [0, 0.1) is 5.82 Å². The van der Waals surface area contributed by atoms with Gasteiger partial charge in [0.05, 0.1) is 12.6 Å². The Hall–Kier alpha value is -2.70. The van der Waals surface area contributed by atoms with Crippen molar-refractivity contribution in [2.75, 3.05) is 29.9 Å². The minimum atomic E-state index is -0.270. The summed E-state index contributed by atoms with van der Waals surface area (Å²) in [5.41, 5.74) is 2.92. The van der Waals surface area contributed by atoms with Gasteiger partial charge in [-0.05, 0) is 66.2 Å². The number of rotatable bonds is 7. The molecule has 150 valence electrons. The lowest BCUT2D eigenvalue weighted by molar-refractivity contribution is -0.115. The van der Waals surface area contributed by atoms with E-state index >= 15 is 0 Å². The lowest BCUT2D eigenvalue weighted by Gasteiger charge is -2.19. The Morgan fingerprint density at radius 2 is 1.76 bits per heavy atom. The number of halogens is 1. The fourth-order valence-corrected chi connectivity index (χ4v) is 4.45. The van der Waals surface area contributed by atoms with Gasteiger partial charge >= 0.3 is 0 Å². The van der Waals surface area contributed by atoms with Crippen molar-refractivity contribution in [3.8, 4) is 0 Å². The fourth-order valence-electron chi connectivity index (χ4n) is 3.62. The third-order valence-corrected chi connectivity index (χ3v) is 6.06. The highest BCUT2D eigenvalue weighted by atomic mass is 32.1. The number of hydrogen-bond acceptors (Lipinski definition) is 4. The summed E-state index contributed by atoms with van der Waals surface area (Å²) in [5, 5.41) is 8.24. The monoisotopic (exact) mass is 409 g/mol. The molecule has 2 heterocycles. The van der Waals surface area contributed by atoms with Crippen LogP contribution in [0.15, 0.2) is 66.0 Å². The van der Waals surface area contributed by atoms with Crippen molar-refractivity contribution >= 4 is 28.6 Å². The summed E-state index contributed by atoms with van der Waals surface area (Å²) in [6, 6.07) is 18.2. The van der Waals surface area contributed by atoms with Crippen LogP contribution in [-0.2, 0) is 4.79 Å². The van der Waals surface area contributed by atoms with E-state index in [2.05, 4.69) is 27.7 Å². The van der Waals surface area contributed by atoms with Crippen molar-refractivity contribution in [1.82, 2.24) is 5.32 Å². The van der Waals surface area contributed by atoms with Crippen LogP contribution in [0.3, 0.4) is 0 Å². The highest BCUT2D eigenvalue weighted by molar-refractivity contribution is 7.10. The number of anilines is 2. The van der Waals surface area contributed by atoms with E-state index in [1.165, 1.54) is 30.7 Å². The fraction of sp³-hybridized carbons (Fsp3) is 0.261. The van der Waals surface area contributed by atoms with Gasteiger partial charge in [-0.3, -0.25) is 10.1 Å². The van der Waals surface area contributed by atoms with Crippen LogP contribution in [0.5, 0.6) is 0 Å². The Labute approximate surface area is 174 Å². The van der Waals surface area contributed by atoms with Gasteiger partial charge in [0.15, 0.2) is 0 Å². The Balaban J connectivity index is 1.37. The highest BCUT2D eigenvalue weighted by Gasteiger charge is 2.17. The predicted octanol–water partition coefficient (Wildman–Crippen LogP) is 4.81. The first-order valence-electron chi connectivity index (χ1n) is 9.86. The zero-order chi connectivity index (χ0) is 20.1. The van der Waals surface area contributed by atoms with Crippen molar-refractivity contribution in [3.63, 3.8) is 0 Å². The number of carbonyl (C=O) groups excluding carboxylic acids is 1. The number of carbonyl (C=O) groups is 1. The number of nitrogens with one attached hydrogen (secondary N) is 2. The Kier molecular flexibility index (Phi) is 6.22. The molecule has 1 saturated heterocycles. The van der Waals surface area contributed by atoms with E-state index in [1.54, 1.807) is 23.5 Å². The second-order valence-electron chi connectivity index (χ2n) is 7.17. The van der Waals surface area contributed by atoms with Crippen LogP contribution in [0.4, 0.5) is 15.8 Å². The van der Waals surface area contributed by atoms with Crippen molar-refractivity contribution in [1.29, 1.82) is 0 Å². The van der Waals surface area contributed by atoms with E-state index in [1.807, 2.05) is 29.6 Å². The van der Waals surface area contributed by atoms with Gasteiger partial charge in [-0.2, -0.15) is 0 Å². The van der Waals surface area contributed by atoms with Gasteiger partial charge in [0.25, 0.3) is 0 Å². The maximum Gasteiger partial charge on any atom is 0.238 e. The van der Waals surface area contributed by atoms with Gasteiger partial charge in [0.2, 0.25) is 5.91 Å². The summed E-state index contributed by atoms with van der Waals surface area (Å²) in [5.74, 6) is -0.378. The zero-order valence-corrected chi connectivity index (χ0v) is 16.9. The van der Waals surface area contributed by atoms with E-state index in [-0.39, 0.29) is 24.3 Å². The van der Waals surface area contributed by atoms with Gasteiger partial charge in [-0.15, -0.1) is 11.3 Å². The van der Waals surface area contributed by atoms with E-state index < -0.39 is 0 Å². The topological polar surface area (TPSA) is 44.4 Å². The minimum absolute atomic E-state index is 0.109. The van der Waals surface area contributed by atoms with E-state index in [9.17, 15) is 9.18 Å². The summed E-state index contributed by atoms with van der Waals surface area (Å²) in [4.78, 5) is 15.9. The van der Waals surface area contributed by atoms with Gasteiger partial charge in [0.1, 0.15) is 5.82 Å². The zero-order valence-electron chi connectivity index (χ0n) is 16.1. The maximum atomic E-state index is 13.3. The quantitative estimate of drug-likeness (QED) is 0.589. The summed E-state index contributed by atoms with van der Waals surface area (Å²) in [6.45, 7) is 2.36. The molecule has 29 heavy (non-hydrogen) atoms. The average Bonchev–Trinajstić information content (AvgIpc) is 3.44. The van der Waals surface area contributed by atoms with Gasteiger partial charge < -0.3 is 10.2 Å². The van der Waals surface area contributed by atoms with Crippen LogP contribution < -0.4 is 15.5 Å². The minimum Gasteiger partial charge on any atom is -0.372 e. The van der Waals surface area contributed by atoms with Gasteiger partial charge in [0, 0.05) is 29.3 Å². The number of thiophene rings is 1. The molecule has 1 aromatic heterocycles. The third kappa shape index (κ3) is 5.02. The van der Waals surface area contributed by atoms with E-state index in [4.69, 9.17) is 0 Å². The molecule has 1 aliphatic rings. The van der Waals surface area contributed by atoms with Crippen LogP contribution in [0.25, 0.3) is 0 Å². The first kappa shape index (κ1) is 19.6. The highest BCUT2D eigenvalue weighted by Crippen LogP contribution is 2.26. The van der Waals surface area contributed by atoms with Crippen LogP contribution in [-0.4, -0.2) is 25.5 Å². The summed E-state index contributed by atoms with van der Waals surface area (Å²) in [6.07, 6.45) is 2.48. The molecule has 0 radical (unpaired) electrons. The molecule has 1 amide bonds. The molecule has 6 heteroatoms. The molecule has 0 aliphatic carbocycles. The Morgan fingerprint density at radius 1 is 1.03 bits per heavy atom. The first-order valence-corrected chi connectivity index (χ1v) is 10.7. The molecule has 1 unspecified atom stereocenters. The average molecular weight is 410 g/mol. The summed E-state index contributed by atoms with van der Waals surface area (Å²) >= 11 is 1.61. The number of amides is 1. The molecule has 1 atom stereocenters. The van der Waals surface area contributed by atoms with Crippen molar-refractivity contribution < 1.29 is 9.18 Å². The predicted molar refractivity (Wildman–Crippen MR) is 117 cm³/mol. The van der Waals surface area contributed by atoms with Crippen molar-refractivity contribution in [3.05, 3.63) is 82.3 Å². The number of nitrogens with zero attached hydrogens (tertiary/aromatic N) is 1. The second-order valence-corrected chi connectivity index (χ2v) is 8.15. The van der Waals surface area contributed by atoms with E-state index in [0.717, 1.165) is 29.2 Å². The summed E-state index contributed by atoms with van der Waals surface area (Å²) in [7, 11) is 0. The SMILES string of the molecule is O=C(CNC(c1ccc(F)cc1)c1cccs1)Nc1ccc(N2CCCC2)cc1. The molecular weight excluding hydrogens is 385 g/mol. The van der Waals surface area contributed by atoms with Crippen molar-refractivity contribution in [2.45, 2.75) is 18.9 Å². The molecular formula is C23H24FN3OS. The lowest BCUT2D eigenvalue weighted by atomic mass is 10.1. The van der Waals surface area contributed by atoms with Crippen LogP contribution >= 0.6 is 11.3 Å². The van der Waals surface area contributed by atoms with Crippen LogP contribution in [0.2, 0.25) is 0 Å². The normalized spacial score (nSPS) is 14.7. The molecule has 3 aromatic rings. The molecule has 0 spiro atoms. The standard InChI is InChI=1S/C23H24FN3OS/c24-18-7-5-17(6-8-18)23(21-4-3-15-29-21)25-16-22(28)26-19-9-11-20(12-10-19)27-13-1-2-14-27/h3-12,15,23,25H,1-2,13-14,16H2,(H,26,28). The lowest BCUT2D eigenvalue weighted by Crippen LogP contribution is -2.31. The molecule has 2 aromatic carbocycles. The second kappa shape index (κ2) is 9.20. The van der Waals surface area contributed by atoms with Crippen LogP contribution in [0.1, 0.15) is 29.3 Å². The smallest absolute Gasteiger partial charge is 0.238 e. The number of hydrogen-bond donors (Lipinski definition) is 2. The Bertz CT molecular complexity index is 920. The van der Waals surface area contributed by atoms with Gasteiger partial charge in [-0.1, -0.05) is 18.2 Å². The molecule has 2 N–H and O–H groups in total. The van der Waals surface area contributed by atoms with Gasteiger partial charge in [-0.25, -0.2) is 4.39 Å². The number of benzene rings is 2. The molecule has 4 rings (SSSR count). The Morgan fingerprint density at radius 3 is 2.41 bits per heavy atom. The molecule has 0 bridgehead atoms.